The summed E-state index contributed by atoms with van der Waals surface area (Å²) in [6.45, 7) is 0. The van der Waals surface area contributed by atoms with E-state index in [1.807, 2.05) is 12.1 Å². The fraction of sp³-hybridized carbons (Fsp3) is 0.0455. The minimum Gasteiger partial charge on any atom is -0.434 e. The normalized spacial score (nSPS) is 16.0. The van der Waals surface area contributed by atoms with Crippen molar-refractivity contribution in [2.75, 3.05) is 14.1 Å². The van der Waals surface area contributed by atoms with Crippen LogP contribution in [0, 0.1) is 0 Å². The van der Waals surface area contributed by atoms with Gasteiger partial charge >= 0.3 is 0 Å². The summed E-state index contributed by atoms with van der Waals surface area (Å²) in [4.78, 5) is 9.21. The number of hydrogen-bond donors (Lipinski definition) is 0. The zero-order chi connectivity index (χ0) is 33.3. The number of ether oxygens (including phenoxy) is 2. The third kappa shape index (κ3) is 4.02. The van der Waals surface area contributed by atoms with Crippen LogP contribution in [-0.2, 0) is 9.47 Å². The lowest BCUT2D eigenvalue weighted by Gasteiger charge is -2.10. The van der Waals surface area contributed by atoms with E-state index in [1.165, 1.54) is 10.8 Å². The van der Waals surface area contributed by atoms with Crippen LogP contribution in [0.3, 0.4) is 0 Å². The van der Waals surface area contributed by atoms with E-state index in [2.05, 4.69) is 153 Å². The minimum absolute atomic E-state index is 0.524. The van der Waals surface area contributed by atoms with Gasteiger partial charge in [-0.05, 0) is 71.8 Å². The molecule has 6 heteroatoms. The number of aromatic nitrogens is 2. The van der Waals surface area contributed by atoms with Gasteiger partial charge in [-0.2, -0.15) is 0 Å². The van der Waals surface area contributed by atoms with Crippen LogP contribution < -0.4 is 0 Å². The molecule has 0 N–H and O–H groups in total. The number of nitrogens with zero attached hydrogens (tertiary/aromatic N) is 4. The first-order chi connectivity index (χ1) is 24.7. The summed E-state index contributed by atoms with van der Waals surface area (Å²) in [5.41, 5.74) is 10.4. The molecular weight excluding hydrogens is 617 g/mol. The van der Waals surface area contributed by atoms with E-state index in [9.17, 15) is 0 Å². The van der Waals surface area contributed by atoms with Gasteiger partial charge in [0.25, 0.3) is 0 Å². The summed E-state index contributed by atoms with van der Waals surface area (Å²) in [7, 11) is 3.52. The molecule has 2 aromatic heterocycles. The quantitative estimate of drug-likeness (QED) is 0.191. The number of rotatable bonds is 4. The van der Waals surface area contributed by atoms with Crippen LogP contribution in [-0.4, -0.2) is 35.0 Å². The molecule has 0 aliphatic carbocycles. The maximum absolute atomic E-state index is 6.59. The van der Waals surface area contributed by atoms with Gasteiger partial charge in [-0.3, -0.25) is 9.98 Å². The van der Waals surface area contributed by atoms with Crippen molar-refractivity contribution in [3.8, 4) is 11.4 Å². The Labute approximate surface area is 288 Å². The molecule has 8 aromatic rings. The molecule has 0 radical (unpaired) electrons. The van der Waals surface area contributed by atoms with Gasteiger partial charge in [-0.25, -0.2) is 0 Å². The van der Waals surface area contributed by atoms with Crippen LogP contribution in [0.5, 0.6) is 0 Å². The van der Waals surface area contributed by atoms with Crippen LogP contribution in [0.4, 0.5) is 0 Å². The number of aliphatic imine (C=N–C) groups is 2. The average molecular weight is 647 g/mol. The highest BCUT2D eigenvalue weighted by Crippen LogP contribution is 2.46. The van der Waals surface area contributed by atoms with E-state index in [4.69, 9.17) is 9.47 Å². The molecule has 4 heterocycles. The Hall–Kier alpha value is -6.66. The summed E-state index contributed by atoms with van der Waals surface area (Å²) in [5.74, 6) is 2.32. The number of benzene rings is 6. The van der Waals surface area contributed by atoms with Crippen molar-refractivity contribution in [2.45, 2.75) is 0 Å². The highest BCUT2D eigenvalue weighted by Gasteiger charge is 2.41. The first kappa shape index (κ1) is 28.4. The second-order valence-electron chi connectivity index (χ2n) is 12.5. The van der Waals surface area contributed by atoms with E-state index >= 15 is 0 Å². The topological polar surface area (TPSA) is 53.0 Å². The SMILES string of the molecule is C/N=C1\OC2=C(c3ccc4c(c3)c3ccccc3n4-c3ccccc3)/C(=N/C)OC2=C1c1ccc2c(c1)c1ccccc1n2-c1ccccc1. The van der Waals surface area contributed by atoms with Gasteiger partial charge in [0, 0.05) is 47.0 Å². The van der Waals surface area contributed by atoms with Crippen molar-refractivity contribution in [3.63, 3.8) is 0 Å². The fourth-order valence-corrected chi connectivity index (χ4v) is 7.70. The monoisotopic (exact) mass is 646 g/mol. The van der Waals surface area contributed by atoms with Crippen LogP contribution in [0.1, 0.15) is 11.1 Å². The third-order valence-electron chi connectivity index (χ3n) is 9.84. The van der Waals surface area contributed by atoms with E-state index in [0.29, 0.717) is 23.3 Å². The molecule has 0 saturated carbocycles. The largest absolute Gasteiger partial charge is 0.434 e. The molecule has 0 saturated heterocycles. The summed E-state index contributed by atoms with van der Waals surface area (Å²) >= 11 is 0. The predicted molar refractivity (Wildman–Crippen MR) is 204 cm³/mol. The Balaban J connectivity index is 1.17. The molecule has 2 aliphatic heterocycles. The maximum Gasteiger partial charge on any atom is 0.226 e. The summed E-state index contributed by atoms with van der Waals surface area (Å²) in [6.07, 6.45) is 0. The Morgan fingerprint density at radius 3 is 1.20 bits per heavy atom. The summed E-state index contributed by atoms with van der Waals surface area (Å²) in [6, 6.07) is 51.1. The molecule has 6 aromatic carbocycles. The van der Waals surface area contributed by atoms with E-state index in [0.717, 1.165) is 66.5 Å². The van der Waals surface area contributed by atoms with Gasteiger partial charge in [-0.15, -0.1) is 0 Å². The van der Waals surface area contributed by atoms with Gasteiger partial charge in [0.15, 0.2) is 11.5 Å². The molecule has 0 amide bonds. The van der Waals surface area contributed by atoms with Gasteiger partial charge in [0.2, 0.25) is 11.8 Å². The lowest BCUT2D eigenvalue weighted by molar-refractivity contribution is 0.381. The van der Waals surface area contributed by atoms with Crippen molar-refractivity contribution >= 4 is 66.6 Å². The van der Waals surface area contributed by atoms with Crippen molar-refractivity contribution < 1.29 is 9.47 Å². The van der Waals surface area contributed by atoms with E-state index in [1.54, 1.807) is 14.1 Å². The van der Waals surface area contributed by atoms with Gasteiger partial charge in [0.1, 0.15) is 0 Å². The van der Waals surface area contributed by atoms with Crippen LogP contribution in [0.2, 0.25) is 0 Å². The van der Waals surface area contributed by atoms with Gasteiger partial charge in [-0.1, -0.05) is 84.9 Å². The Morgan fingerprint density at radius 1 is 0.400 bits per heavy atom. The van der Waals surface area contributed by atoms with Crippen molar-refractivity contribution in [1.82, 2.24) is 9.13 Å². The smallest absolute Gasteiger partial charge is 0.226 e. The lowest BCUT2D eigenvalue weighted by Crippen LogP contribution is -2.06. The molecule has 2 aliphatic rings. The standard InChI is InChI=1S/C44H30N4O2/c1-45-43-39(27-21-23-37-33(25-27)31-17-9-11-19-35(31)47(37)29-13-5-3-6-14-29)41-42(49-43)40(44(46-2)50-41)28-22-24-38-34(26-28)32-18-10-12-20-36(32)48(38)30-15-7-4-8-16-30/h3-26H,1-2H3/b45-43-,46-44-. The minimum atomic E-state index is 0.524. The lowest BCUT2D eigenvalue weighted by atomic mass is 10.00. The zero-order valence-corrected chi connectivity index (χ0v) is 27.5. The molecule has 50 heavy (non-hydrogen) atoms. The van der Waals surface area contributed by atoms with Gasteiger partial charge in [0.05, 0.1) is 33.2 Å². The highest BCUT2D eigenvalue weighted by molar-refractivity contribution is 6.32. The first-order valence-electron chi connectivity index (χ1n) is 16.7. The Bertz CT molecular complexity index is 2620. The van der Waals surface area contributed by atoms with Crippen molar-refractivity contribution in [3.05, 3.63) is 168 Å². The van der Waals surface area contributed by atoms with Crippen molar-refractivity contribution in [2.24, 2.45) is 9.98 Å². The number of para-hydroxylation sites is 4. The molecule has 10 rings (SSSR count). The molecular formula is C44H30N4O2. The van der Waals surface area contributed by atoms with Crippen LogP contribution >= 0.6 is 0 Å². The van der Waals surface area contributed by atoms with Crippen LogP contribution in [0.15, 0.2) is 167 Å². The predicted octanol–water partition coefficient (Wildman–Crippen LogP) is 10.1. The summed E-state index contributed by atoms with van der Waals surface area (Å²) < 4.78 is 17.8. The average Bonchev–Trinajstić information content (AvgIpc) is 3.91. The molecule has 0 fully saturated rings. The van der Waals surface area contributed by atoms with Crippen molar-refractivity contribution in [1.29, 1.82) is 0 Å². The highest BCUT2D eigenvalue weighted by atomic mass is 16.6. The first-order valence-corrected chi connectivity index (χ1v) is 16.7. The van der Waals surface area contributed by atoms with Crippen LogP contribution in [0.25, 0.3) is 66.1 Å². The molecule has 6 nitrogen and oxygen atoms in total. The van der Waals surface area contributed by atoms with E-state index in [-0.39, 0.29) is 0 Å². The van der Waals surface area contributed by atoms with Gasteiger partial charge < -0.3 is 18.6 Å². The number of fused-ring (bicyclic) bond motifs is 7. The molecule has 0 bridgehead atoms. The number of hydrogen-bond acceptors (Lipinski definition) is 4. The van der Waals surface area contributed by atoms with E-state index < -0.39 is 0 Å². The Morgan fingerprint density at radius 2 is 0.780 bits per heavy atom. The summed E-state index contributed by atoms with van der Waals surface area (Å²) in [5, 5.41) is 4.64. The second-order valence-corrected chi connectivity index (χ2v) is 12.5. The second kappa shape index (κ2) is 10.9. The zero-order valence-electron chi connectivity index (χ0n) is 27.5. The molecule has 0 spiro atoms. The molecule has 238 valence electrons. The fourth-order valence-electron chi connectivity index (χ4n) is 7.70. The maximum atomic E-state index is 6.59. The third-order valence-corrected chi connectivity index (χ3v) is 9.84. The molecule has 0 atom stereocenters. The molecule has 0 unspecified atom stereocenters. The Kier molecular flexibility index (Phi) is 6.20.